The molecule has 0 radical (unpaired) electrons. The van der Waals surface area contributed by atoms with E-state index in [-0.39, 0.29) is 23.7 Å². The van der Waals surface area contributed by atoms with Crippen molar-refractivity contribution in [3.05, 3.63) is 71.2 Å². The van der Waals surface area contributed by atoms with Crippen LogP contribution in [0.4, 0.5) is 40.7 Å². The lowest BCUT2D eigenvalue weighted by Gasteiger charge is -2.38. The Kier molecular flexibility index (Phi) is 8.45. The van der Waals surface area contributed by atoms with Crippen molar-refractivity contribution in [3.8, 4) is 0 Å². The minimum Gasteiger partial charge on any atom is -0.377 e. The molecule has 1 saturated heterocycles. The van der Waals surface area contributed by atoms with Crippen molar-refractivity contribution in [1.82, 2.24) is 9.97 Å². The van der Waals surface area contributed by atoms with Crippen molar-refractivity contribution in [2.45, 2.75) is 39.4 Å². The highest BCUT2D eigenvalue weighted by Crippen LogP contribution is 2.32. The SMILES string of the molecule is CCc1cc(Nc2cccc(C(F)(F)F)c2)ccc1/C=N/Nc1ncc(F)c(N2CCOCC2C(C)C)n1. The Morgan fingerprint density at radius 3 is 2.71 bits per heavy atom. The van der Waals surface area contributed by atoms with Gasteiger partial charge in [0.25, 0.3) is 0 Å². The van der Waals surface area contributed by atoms with E-state index >= 15 is 0 Å². The van der Waals surface area contributed by atoms with Gasteiger partial charge in [-0.15, -0.1) is 0 Å². The van der Waals surface area contributed by atoms with Gasteiger partial charge in [-0.1, -0.05) is 32.9 Å². The van der Waals surface area contributed by atoms with Crippen molar-refractivity contribution in [3.63, 3.8) is 0 Å². The number of morpholine rings is 1. The topological polar surface area (TPSA) is 74.7 Å². The second kappa shape index (κ2) is 11.8. The van der Waals surface area contributed by atoms with Crippen molar-refractivity contribution in [2.24, 2.45) is 11.0 Å². The molecule has 3 aromatic rings. The highest BCUT2D eigenvalue weighted by atomic mass is 19.4. The molecule has 1 atom stereocenters. The van der Waals surface area contributed by atoms with Crippen molar-refractivity contribution >= 4 is 29.4 Å². The first-order chi connectivity index (χ1) is 18.2. The highest BCUT2D eigenvalue weighted by molar-refractivity contribution is 5.83. The Labute approximate surface area is 218 Å². The van der Waals surface area contributed by atoms with Gasteiger partial charge in [0.2, 0.25) is 5.95 Å². The monoisotopic (exact) mass is 530 g/mol. The molecule has 1 aliphatic rings. The average Bonchev–Trinajstić information content (AvgIpc) is 2.90. The van der Waals surface area contributed by atoms with Gasteiger partial charge in [-0.05, 0) is 53.8 Å². The molecule has 7 nitrogen and oxygen atoms in total. The van der Waals surface area contributed by atoms with Gasteiger partial charge in [-0.3, -0.25) is 0 Å². The van der Waals surface area contributed by atoms with Crippen molar-refractivity contribution < 1.29 is 22.3 Å². The summed E-state index contributed by atoms with van der Waals surface area (Å²) < 4.78 is 59.2. The second-order valence-electron chi connectivity index (χ2n) is 9.29. The molecule has 0 aliphatic carbocycles. The number of nitrogens with zero attached hydrogens (tertiary/aromatic N) is 4. The number of hydrazone groups is 1. The average molecular weight is 531 g/mol. The van der Waals surface area contributed by atoms with Gasteiger partial charge >= 0.3 is 6.18 Å². The molecule has 2 N–H and O–H groups in total. The molecule has 202 valence electrons. The summed E-state index contributed by atoms with van der Waals surface area (Å²) in [4.78, 5) is 10.3. The van der Waals surface area contributed by atoms with Gasteiger partial charge in [0, 0.05) is 17.9 Å². The van der Waals surface area contributed by atoms with Gasteiger partial charge in [0.15, 0.2) is 11.6 Å². The number of aromatic nitrogens is 2. The van der Waals surface area contributed by atoms with Crippen LogP contribution in [0.3, 0.4) is 0 Å². The number of alkyl halides is 3. The summed E-state index contributed by atoms with van der Waals surface area (Å²) in [6, 6.07) is 10.5. The molecule has 0 amide bonds. The smallest absolute Gasteiger partial charge is 0.377 e. The van der Waals surface area contributed by atoms with Crippen LogP contribution in [0.25, 0.3) is 0 Å². The maximum Gasteiger partial charge on any atom is 0.416 e. The van der Waals surface area contributed by atoms with Crippen LogP contribution in [0.15, 0.2) is 53.8 Å². The maximum absolute atomic E-state index is 14.6. The molecule has 11 heteroatoms. The molecular formula is C27H30F4N6O. The quantitative estimate of drug-likeness (QED) is 0.204. The Bertz CT molecular complexity index is 1280. The van der Waals surface area contributed by atoms with Crippen LogP contribution in [0, 0.1) is 11.7 Å². The maximum atomic E-state index is 14.6. The minimum absolute atomic E-state index is 0.000301. The summed E-state index contributed by atoms with van der Waals surface area (Å²) in [5.41, 5.74) is 4.79. The van der Waals surface area contributed by atoms with Crippen LogP contribution in [0.1, 0.15) is 37.5 Å². The molecule has 1 aromatic heterocycles. The normalized spacial score (nSPS) is 16.3. The lowest BCUT2D eigenvalue weighted by molar-refractivity contribution is -0.137. The van der Waals surface area contributed by atoms with E-state index in [2.05, 4.69) is 39.7 Å². The van der Waals surface area contributed by atoms with Crippen molar-refractivity contribution in [1.29, 1.82) is 0 Å². The molecule has 0 saturated carbocycles. The van der Waals surface area contributed by atoms with Crippen LogP contribution < -0.4 is 15.6 Å². The predicted octanol–water partition coefficient (Wildman–Crippen LogP) is 6.25. The summed E-state index contributed by atoms with van der Waals surface area (Å²) >= 11 is 0. The third-order valence-corrected chi connectivity index (χ3v) is 6.30. The Morgan fingerprint density at radius 2 is 1.97 bits per heavy atom. The first-order valence-corrected chi connectivity index (χ1v) is 12.4. The van der Waals surface area contributed by atoms with E-state index < -0.39 is 17.6 Å². The summed E-state index contributed by atoms with van der Waals surface area (Å²) in [5.74, 6) is 0.105. The largest absolute Gasteiger partial charge is 0.416 e. The Morgan fingerprint density at radius 1 is 1.18 bits per heavy atom. The number of benzene rings is 2. The molecule has 2 heterocycles. The highest BCUT2D eigenvalue weighted by Gasteiger charge is 2.31. The number of hydrogen-bond donors (Lipinski definition) is 2. The molecule has 1 fully saturated rings. The zero-order valence-electron chi connectivity index (χ0n) is 21.4. The number of aryl methyl sites for hydroxylation is 1. The van der Waals surface area contributed by atoms with E-state index in [0.29, 0.717) is 37.6 Å². The fraction of sp³-hybridized carbons (Fsp3) is 0.370. The number of nitrogens with one attached hydrogen (secondary N) is 2. The second-order valence-corrected chi connectivity index (χ2v) is 9.29. The van der Waals surface area contributed by atoms with E-state index in [4.69, 9.17) is 4.74 Å². The van der Waals surface area contributed by atoms with Crippen LogP contribution in [-0.4, -0.2) is 42.0 Å². The fourth-order valence-corrected chi connectivity index (χ4v) is 4.27. The number of hydrogen-bond acceptors (Lipinski definition) is 7. The molecule has 1 unspecified atom stereocenters. The van der Waals surface area contributed by atoms with Crippen LogP contribution in [-0.2, 0) is 17.3 Å². The zero-order valence-corrected chi connectivity index (χ0v) is 21.4. The molecular weight excluding hydrogens is 500 g/mol. The van der Waals surface area contributed by atoms with E-state index in [1.54, 1.807) is 18.3 Å². The Balaban J connectivity index is 1.47. The van der Waals surface area contributed by atoms with E-state index in [1.165, 1.54) is 6.07 Å². The summed E-state index contributed by atoms with van der Waals surface area (Å²) in [6.07, 6.45) is -1.01. The van der Waals surface area contributed by atoms with E-state index in [9.17, 15) is 17.6 Å². The summed E-state index contributed by atoms with van der Waals surface area (Å²) in [7, 11) is 0. The lowest BCUT2D eigenvalue weighted by atomic mass is 10.0. The van der Waals surface area contributed by atoms with Crippen LogP contribution >= 0.6 is 0 Å². The number of anilines is 4. The van der Waals surface area contributed by atoms with Gasteiger partial charge in [-0.2, -0.15) is 23.3 Å². The van der Waals surface area contributed by atoms with Gasteiger partial charge < -0.3 is 15.0 Å². The zero-order chi connectivity index (χ0) is 27.3. The lowest BCUT2D eigenvalue weighted by Crippen LogP contribution is -2.49. The molecule has 2 aromatic carbocycles. The predicted molar refractivity (Wildman–Crippen MR) is 141 cm³/mol. The summed E-state index contributed by atoms with van der Waals surface area (Å²) in [6.45, 7) is 7.60. The first-order valence-electron chi connectivity index (χ1n) is 12.4. The van der Waals surface area contributed by atoms with E-state index in [0.717, 1.165) is 29.5 Å². The van der Waals surface area contributed by atoms with Crippen LogP contribution in [0.5, 0.6) is 0 Å². The number of rotatable bonds is 8. The van der Waals surface area contributed by atoms with Crippen molar-refractivity contribution in [2.75, 3.05) is 35.4 Å². The van der Waals surface area contributed by atoms with Gasteiger partial charge in [0.05, 0.1) is 37.2 Å². The molecule has 4 rings (SSSR count). The van der Waals surface area contributed by atoms with Crippen LogP contribution in [0.2, 0.25) is 0 Å². The molecule has 1 aliphatic heterocycles. The van der Waals surface area contributed by atoms with E-state index in [1.807, 2.05) is 24.0 Å². The molecule has 0 spiro atoms. The molecule has 38 heavy (non-hydrogen) atoms. The first kappa shape index (κ1) is 27.3. The van der Waals surface area contributed by atoms with Gasteiger partial charge in [-0.25, -0.2) is 14.8 Å². The van der Waals surface area contributed by atoms with Gasteiger partial charge in [0.1, 0.15) is 0 Å². The standard InChI is InChI=1S/C27H30F4N6O/c1-4-18-12-22(34-21-7-5-6-20(13-21)27(29,30)31)9-8-19(18)14-33-36-26-32-15-23(28)25(35-26)37-10-11-38-16-24(37)17(2)3/h5-9,12-15,17,24,34H,4,10-11,16H2,1-3H3,(H,32,35,36)/b33-14+. The minimum atomic E-state index is -4.41. The Hall–Kier alpha value is -3.73. The number of ether oxygens (including phenoxy) is 1. The molecule has 0 bridgehead atoms. The summed E-state index contributed by atoms with van der Waals surface area (Å²) in [5, 5.41) is 7.26. The number of halogens is 4. The third kappa shape index (κ3) is 6.58. The fourth-order valence-electron chi connectivity index (χ4n) is 4.27. The third-order valence-electron chi connectivity index (χ3n) is 6.30.